The minimum atomic E-state index is -0.966. The van der Waals surface area contributed by atoms with Crippen LogP contribution < -0.4 is 0 Å². The first-order chi connectivity index (χ1) is 10.2. The predicted molar refractivity (Wildman–Crippen MR) is 97.0 cm³/mol. The lowest BCUT2D eigenvalue weighted by Crippen LogP contribution is -1.89. The molecule has 0 saturated heterocycles. The van der Waals surface area contributed by atoms with E-state index in [1.54, 1.807) is 18.0 Å². The molecule has 3 aromatic rings. The lowest BCUT2D eigenvalue weighted by Gasteiger charge is -2.09. The Kier molecular flexibility index (Phi) is 4.13. The molecule has 0 aromatic heterocycles. The van der Waals surface area contributed by atoms with Crippen LogP contribution in [0.15, 0.2) is 58.8 Å². The highest BCUT2D eigenvalue weighted by Crippen LogP contribution is 2.32. The van der Waals surface area contributed by atoms with Gasteiger partial charge in [0, 0.05) is 6.26 Å². The summed E-state index contributed by atoms with van der Waals surface area (Å²) >= 11 is 1.55. The molecule has 0 fully saturated rings. The van der Waals surface area contributed by atoms with Crippen molar-refractivity contribution in [3.05, 3.63) is 64.4 Å². The molecule has 0 aliphatic carbocycles. The van der Waals surface area contributed by atoms with Crippen molar-refractivity contribution in [3.63, 3.8) is 0 Å². The van der Waals surface area contributed by atoms with Crippen LogP contribution in [0, 0.1) is 0 Å². The van der Waals surface area contributed by atoms with E-state index in [1.807, 2.05) is 6.26 Å². The van der Waals surface area contributed by atoms with Crippen LogP contribution in [0.4, 0.5) is 0 Å². The molecule has 0 heterocycles. The molecule has 3 aromatic carbocycles. The number of hydrogen-bond acceptors (Lipinski definition) is 2. The molecular weight excluding hydrogens is 296 g/mol. The molecule has 0 saturated carbocycles. The Morgan fingerprint density at radius 3 is 2.00 bits per heavy atom. The van der Waals surface area contributed by atoms with E-state index >= 15 is 0 Å². The Morgan fingerprint density at radius 1 is 1.00 bits per heavy atom. The van der Waals surface area contributed by atoms with Crippen molar-refractivity contribution in [3.8, 4) is 0 Å². The lowest BCUT2D eigenvalue weighted by molar-refractivity contribution is 0.691. The summed E-state index contributed by atoms with van der Waals surface area (Å²) in [6.07, 6.45) is 5.78. The standard InChI is InChI=1S/C18H16OS2/c1-20-18(21(2)19)12-17-15-9-5-3-7-13(15)11-14-8-4-6-10-16(14)17/h3-12H,1-2H3/b18-12+. The van der Waals surface area contributed by atoms with Gasteiger partial charge in [-0.05, 0) is 45.5 Å². The van der Waals surface area contributed by atoms with Gasteiger partial charge in [-0.15, -0.1) is 11.8 Å². The summed E-state index contributed by atoms with van der Waals surface area (Å²) in [6, 6.07) is 18.9. The van der Waals surface area contributed by atoms with Gasteiger partial charge in [-0.3, -0.25) is 4.21 Å². The quantitative estimate of drug-likeness (QED) is 0.631. The first-order valence-electron chi connectivity index (χ1n) is 6.70. The summed E-state index contributed by atoms with van der Waals surface area (Å²) in [7, 11) is -0.966. The first-order valence-corrected chi connectivity index (χ1v) is 9.48. The van der Waals surface area contributed by atoms with Gasteiger partial charge in [-0.25, -0.2) is 0 Å². The van der Waals surface area contributed by atoms with Gasteiger partial charge in [0.15, 0.2) is 0 Å². The van der Waals surface area contributed by atoms with Gasteiger partial charge in [0.2, 0.25) is 0 Å². The minimum absolute atomic E-state index is 0.900. The molecule has 0 aliphatic rings. The second kappa shape index (κ2) is 6.04. The number of benzene rings is 3. The molecule has 0 bridgehead atoms. The average Bonchev–Trinajstić information content (AvgIpc) is 2.51. The highest BCUT2D eigenvalue weighted by atomic mass is 32.2. The number of hydrogen-bond donors (Lipinski definition) is 0. The van der Waals surface area contributed by atoms with Crippen LogP contribution in [0.1, 0.15) is 5.56 Å². The van der Waals surface area contributed by atoms with E-state index < -0.39 is 10.8 Å². The first kappa shape index (κ1) is 14.4. The largest absolute Gasteiger partial charge is 0.254 e. The Bertz CT molecular complexity index is 811. The molecule has 3 rings (SSSR count). The molecule has 0 radical (unpaired) electrons. The third-order valence-electron chi connectivity index (χ3n) is 3.56. The van der Waals surface area contributed by atoms with Crippen LogP contribution in [-0.4, -0.2) is 16.7 Å². The van der Waals surface area contributed by atoms with Crippen LogP contribution in [0.2, 0.25) is 0 Å². The third kappa shape index (κ3) is 2.76. The van der Waals surface area contributed by atoms with E-state index in [1.165, 1.54) is 21.5 Å². The fourth-order valence-corrected chi connectivity index (χ4v) is 4.04. The maximum absolute atomic E-state index is 11.9. The zero-order valence-electron chi connectivity index (χ0n) is 12.0. The maximum atomic E-state index is 11.9. The molecule has 0 N–H and O–H groups in total. The van der Waals surface area contributed by atoms with Gasteiger partial charge in [0.05, 0.1) is 15.0 Å². The molecule has 1 atom stereocenters. The third-order valence-corrected chi connectivity index (χ3v) is 5.97. The van der Waals surface area contributed by atoms with E-state index in [0.29, 0.717) is 0 Å². The summed E-state index contributed by atoms with van der Waals surface area (Å²) in [4.78, 5) is 0. The van der Waals surface area contributed by atoms with Crippen LogP contribution in [0.3, 0.4) is 0 Å². The van der Waals surface area contributed by atoms with Crippen molar-refractivity contribution in [2.24, 2.45) is 0 Å². The fraction of sp³-hybridized carbons (Fsp3) is 0.111. The van der Waals surface area contributed by atoms with Crippen molar-refractivity contribution in [2.75, 3.05) is 12.5 Å². The summed E-state index contributed by atoms with van der Waals surface area (Å²) in [5.74, 6) is 0. The van der Waals surface area contributed by atoms with Crippen molar-refractivity contribution in [1.29, 1.82) is 0 Å². The van der Waals surface area contributed by atoms with Gasteiger partial charge in [-0.2, -0.15) is 0 Å². The van der Waals surface area contributed by atoms with Crippen molar-refractivity contribution in [1.82, 2.24) is 0 Å². The van der Waals surface area contributed by atoms with Gasteiger partial charge in [-0.1, -0.05) is 48.5 Å². The Morgan fingerprint density at radius 2 is 1.52 bits per heavy atom. The number of rotatable bonds is 3. The second-order valence-corrected chi connectivity index (χ2v) is 7.31. The topological polar surface area (TPSA) is 17.1 Å². The number of thioether (sulfide) groups is 1. The number of fused-ring (bicyclic) bond motifs is 2. The second-order valence-electron chi connectivity index (χ2n) is 4.85. The Balaban J connectivity index is 2.43. The smallest absolute Gasteiger partial charge is 0.0716 e. The van der Waals surface area contributed by atoms with Crippen LogP contribution >= 0.6 is 11.8 Å². The minimum Gasteiger partial charge on any atom is -0.254 e. The fourth-order valence-electron chi connectivity index (χ4n) is 2.58. The zero-order chi connectivity index (χ0) is 14.8. The highest BCUT2D eigenvalue weighted by molar-refractivity contribution is 8.16. The summed E-state index contributed by atoms with van der Waals surface area (Å²) in [5.41, 5.74) is 1.16. The van der Waals surface area contributed by atoms with E-state index in [2.05, 4.69) is 60.7 Å². The monoisotopic (exact) mass is 312 g/mol. The molecule has 1 nitrogen and oxygen atoms in total. The van der Waals surface area contributed by atoms with Crippen LogP contribution in [0.5, 0.6) is 0 Å². The molecule has 0 amide bonds. The summed E-state index contributed by atoms with van der Waals surface area (Å²) in [5, 5.41) is 4.83. The van der Waals surface area contributed by atoms with Crippen LogP contribution in [0.25, 0.3) is 27.6 Å². The highest BCUT2D eigenvalue weighted by Gasteiger charge is 2.08. The molecular formula is C18H16OS2. The van der Waals surface area contributed by atoms with E-state index in [4.69, 9.17) is 0 Å². The maximum Gasteiger partial charge on any atom is 0.0716 e. The van der Waals surface area contributed by atoms with Crippen molar-refractivity contribution in [2.45, 2.75) is 0 Å². The normalized spacial score (nSPS) is 13.7. The predicted octanol–water partition coefficient (Wildman–Crippen LogP) is 5.03. The van der Waals surface area contributed by atoms with Crippen LogP contribution in [-0.2, 0) is 10.8 Å². The van der Waals surface area contributed by atoms with Crippen molar-refractivity contribution >= 4 is 50.2 Å². The Hall–Kier alpha value is -1.58. The Labute approximate surface area is 131 Å². The van der Waals surface area contributed by atoms with E-state index in [9.17, 15) is 4.21 Å². The zero-order valence-corrected chi connectivity index (χ0v) is 13.6. The van der Waals surface area contributed by atoms with Gasteiger partial charge < -0.3 is 0 Å². The average molecular weight is 312 g/mol. The SMILES string of the molecule is CS/C(=C\c1c2ccccc2cc2ccccc12)S(C)=O. The summed E-state index contributed by atoms with van der Waals surface area (Å²) < 4.78 is 12.8. The molecule has 0 spiro atoms. The van der Waals surface area contributed by atoms with Gasteiger partial charge in [0.1, 0.15) is 0 Å². The summed E-state index contributed by atoms with van der Waals surface area (Å²) in [6.45, 7) is 0. The molecule has 0 aliphatic heterocycles. The van der Waals surface area contributed by atoms with Gasteiger partial charge >= 0.3 is 0 Å². The molecule has 106 valence electrons. The van der Waals surface area contributed by atoms with Crippen molar-refractivity contribution < 1.29 is 4.21 Å². The molecule has 3 heteroatoms. The molecule has 1 unspecified atom stereocenters. The van der Waals surface area contributed by atoms with E-state index in [-0.39, 0.29) is 0 Å². The molecule has 21 heavy (non-hydrogen) atoms. The lowest BCUT2D eigenvalue weighted by atomic mass is 9.97. The van der Waals surface area contributed by atoms with E-state index in [0.717, 1.165) is 9.80 Å². The van der Waals surface area contributed by atoms with Gasteiger partial charge in [0.25, 0.3) is 0 Å².